The van der Waals surface area contributed by atoms with Crippen molar-refractivity contribution in [2.75, 3.05) is 0 Å². The van der Waals surface area contributed by atoms with Crippen LogP contribution in [0.2, 0.25) is 0 Å². The number of hydrogen-bond acceptors (Lipinski definition) is 3. The van der Waals surface area contributed by atoms with Crippen LogP contribution in [0.25, 0.3) is 17.0 Å². The van der Waals surface area contributed by atoms with E-state index in [9.17, 15) is 4.79 Å². The molecule has 3 aromatic heterocycles. The molecule has 0 atom stereocenters. The summed E-state index contributed by atoms with van der Waals surface area (Å²) in [5.74, 6) is -1.09. The number of H-pyrrole nitrogens is 1. The lowest BCUT2D eigenvalue weighted by Crippen LogP contribution is -1.98. The van der Waals surface area contributed by atoms with Crippen LogP contribution >= 0.6 is 15.9 Å². The van der Waals surface area contributed by atoms with E-state index in [0.717, 1.165) is 5.69 Å². The summed E-state index contributed by atoms with van der Waals surface area (Å²) in [5, 5.41) is 13.3. The second-order valence-electron chi connectivity index (χ2n) is 3.63. The highest BCUT2D eigenvalue weighted by Crippen LogP contribution is 2.21. The Kier molecular flexibility index (Phi) is 2.41. The number of halogens is 1. The zero-order valence-corrected chi connectivity index (χ0v) is 10.5. The highest BCUT2D eigenvalue weighted by Gasteiger charge is 2.17. The van der Waals surface area contributed by atoms with Crippen LogP contribution in [0.3, 0.4) is 0 Å². The van der Waals surface area contributed by atoms with Crippen molar-refractivity contribution in [3.63, 3.8) is 0 Å². The predicted molar refractivity (Wildman–Crippen MR) is 67.4 cm³/mol. The fraction of sp³-hybridized carbons (Fsp3) is 0. The third-order valence-corrected chi connectivity index (χ3v) is 3.21. The number of fused-ring (bicyclic) bond motifs is 1. The molecule has 0 amide bonds. The molecule has 0 aliphatic rings. The number of aromatic amines is 1. The van der Waals surface area contributed by atoms with Crippen molar-refractivity contribution >= 4 is 27.5 Å². The highest BCUT2D eigenvalue weighted by molar-refractivity contribution is 9.10. The average Bonchev–Trinajstić information content (AvgIpc) is 2.97. The molecule has 0 bridgehead atoms. The smallest absolute Gasteiger partial charge is 0.357 e. The van der Waals surface area contributed by atoms with Crippen molar-refractivity contribution in [2.45, 2.75) is 0 Å². The fourth-order valence-electron chi connectivity index (χ4n) is 1.68. The first kappa shape index (κ1) is 11.0. The Labute approximate surface area is 109 Å². The summed E-state index contributed by atoms with van der Waals surface area (Å²) >= 11 is 3.20. The lowest BCUT2D eigenvalue weighted by atomic mass is 10.3. The molecular weight excluding hydrogens is 300 g/mol. The Balaban J connectivity index is 2.23. The maximum atomic E-state index is 11.0. The monoisotopic (exact) mass is 306 g/mol. The first-order valence-electron chi connectivity index (χ1n) is 5.09. The summed E-state index contributed by atoms with van der Waals surface area (Å²) in [7, 11) is 0. The summed E-state index contributed by atoms with van der Waals surface area (Å²) in [6.45, 7) is 0. The standard InChI is InChI=1S/C11H7BrN4O2/c12-10-9(11(17)18)14-8-4-3-7(15-16(8)10)6-2-1-5-13-6/h1-5,13H,(H,17,18). The molecule has 0 radical (unpaired) electrons. The summed E-state index contributed by atoms with van der Waals surface area (Å²) < 4.78 is 1.79. The molecule has 0 saturated carbocycles. The quantitative estimate of drug-likeness (QED) is 0.760. The van der Waals surface area contributed by atoms with Gasteiger partial charge in [0.25, 0.3) is 0 Å². The molecule has 0 saturated heterocycles. The topological polar surface area (TPSA) is 83.3 Å². The van der Waals surface area contributed by atoms with E-state index < -0.39 is 5.97 Å². The molecule has 0 aliphatic carbocycles. The Morgan fingerprint density at radius 3 is 2.89 bits per heavy atom. The number of rotatable bonds is 2. The molecule has 3 heterocycles. The first-order valence-corrected chi connectivity index (χ1v) is 5.88. The SMILES string of the molecule is O=C(O)c1nc2ccc(-c3ccc[nH]3)nn2c1Br. The molecule has 3 aromatic rings. The van der Waals surface area contributed by atoms with Crippen LogP contribution in [0.4, 0.5) is 0 Å². The number of imidazole rings is 1. The molecule has 3 rings (SSSR count). The third kappa shape index (κ3) is 1.60. The molecule has 0 aromatic carbocycles. The second kappa shape index (κ2) is 3.95. The van der Waals surface area contributed by atoms with Gasteiger partial charge in [-0.2, -0.15) is 5.10 Å². The van der Waals surface area contributed by atoms with Gasteiger partial charge in [0.1, 0.15) is 10.3 Å². The minimum absolute atomic E-state index is 0.0499. The van der Waals surface area contributed by atoms with Gasteiger partial charge in [-0.05, 0) is 40.2 Å². The molecule has 2 N–H and O–H groups in total. The van der Waals surface area contributed by atoms with E-state index in [1.807, 2.05) is 12.1 Å². The van der Waals surface area contributed by atoms with Crippen molar-refractivity contribution in [3.8, 4) is 11.4 Å². The molecule has 18 heavy (non-hydrogen) atoms. The summed E-state index contributed by atoms with van der Waals surface area (Å²) in [6.07, 6.45) is 1.80. The molecule has 0 fully saturated rings. The van der Waals surface area contributed by atoms with Crippen LogP contribution in [0.5, 0.6) is 0 Å². The van der Waals surface area contributed by atoms with E-state index in [4.69, 9.17) is 5.11 Å². The molecule has 6 nitrogen and oxygen atoms in total. The van der Waals surface area contributed by atoms with Crippen LogP contribution in [-0.4, -0.2) is 30.7 Å². The summed E-state index contributed by atoms with van der Waals surface area (Å²) in [4.78, 5) is 18.0. The van der Waals surface area contributed by atoms with Gasteiger partial charge in [-0.3, -0.25) is 0 Å². The average molecular weight is 307 g/mol. The van der Waals surface area contributed by atoms with E-state index in [1.54, 1.807) is 18.3 Å². The van der Waals surface area contributed by atoms with Gasteiger partial charge in [0.2, 0.25) is 0 Å². The molecule has 90 valence electrons. The summed E-state index contributed by atoms with van der Waals surface area (Å²) in [5.41, 5.74) is 2.00. The second-order valence-corrected chi connectivity index (χ2v) is 4.38. The third-order valence-electron chi connectivity index (χ3n) is 2.50. The lowest BCUT2D eigenvalue weighted by molar-refractivity contribution is 0.0690. The first-order chi connectivity index (χ1) is 8.66. The van der Waals surface area contributed by atoms with Crippen molar-refractivity contribution in [1.82, 2.24) is 19.6 Å². The number of carboxylic acid groups (broad SMARTS) is 1. The minimum Gasteiger partial charge on any atom is -0.476 e. The molecular formula is C11H7BrN4O2. The van der Waals surface area contributed by atoms with Crippen LogP contribution in [-0.2, 0) is 0 Å². The van der Waals surface area contributed by atoms with Crippen LogP contribution < -0.4 is 0 Å². The predicted octanol–water partition coefficient (Wildman–Crippen LogP) is 2.19. The zero-order chi connectivity index (χ0) is 12.7. The minimum atomic E-state index is -1.09. The summed E-state index contributed by atoms with van der Waals surface area (Å²) in [6, 6.07) is 7.26. The number of nitrogens with one attached hydrogen (secondary N) is 1. The maximum Gasteiger partial charge on any atom is 0.357 e. The van der Waals surface area contributed by atoms with E-state index in [-0.39, 0.29) is 5.69 Å². The van der Waals surface area contributed by atoms with Gasteiger partial charge in [0.05, 0.1) is 5.69 Å². The van der Waals surface area contributed by atoms with Crippen LogP contribution in [0.1, 0.15) is 10.5 Å². The molecule has 0 unspecified atom stereocenters. The molecule has 0 aliphatic heterocycles. The highest BCUT2D eigenvalue weighted by atomic mass is 79.9. The Morgan fingerprint density at radius 1 is 1.39 bits per heavy atom. The number of hydrogen-bond donors (Lipinski definition) is 2. The number of aromatic nitrogens is 4. The maximum absolute atomic E-state index is 11.0. The van der Waals surface area contributed by atoms with Gasteiger partial charge >= 0.3 is 5.97 Å². The van der Waals surface area contributed by atoms with E-state index in [0.29, 0.717) is 15.9 Å². The van der Waals surface area contributed by atoms with Gasteiger partial charge in [0.15, 0.2) is 11.3 Å². The Bertz CT molecular complexity index is 733. The van der Waals surface area contributed by atoms with Crippen molar-refractivity contribution in [1.29, 1.82) is 0 Å². The zero-order valence-electron chi connectivity index (χ0n) is 8.96. The van der Waals surface area contributed by atoms with Crippen molar-refractivity contribution in [2.24, 2.45) is 0 Å². The van der Waals surface area contributed by atoms with Crippen LogP contribution in [0, 0.1) is 0 Å². The molecule has 0 spiro atoms. The number of carboxylic acids is 1. The number of aromatic carboxylic acids is 1. The van der Waals surface area contributed by atoms with Gasteiger partial charge < -0.3 is 10.1 Å². The number of carbonyl (C=O) groups is 1. The fourth-order valence-corrected chi connectivity index (χ4v) is 2.20. The van der Waals surface area contributed by atoms with Gasteiger partial charge in [-0.15, -0.1) is 0 Å². The van der Waals surface area contributed by atoms with E-state index in [1.165, 1.54) is 4.52 Å². The van der Waals surface area contributed by atoms with Crippen molar-refractivity contribution in [3.05, 3.63) is 40.8 Å². The van der Waals surface area contributed by atoms with Crippen molar-refractivity contribution < 1.29 is 9.90 Å². The molecule has 7 heteroatoms. The lowest BCUT2D eigenvalue weighted by Gasteiger charge is -1.99. The van der Waals surface area contributed by atoms with Gasteiger partial charge in [-0.25, -0.2) is 14.3 Å². The van der Waals surface area contributed by atoms with E-state index >= 15 is 0 Å². The Morgan fingerprint density at radius 2 is 2.22 bits per heavy atom. The van der Waals surface area contributed by atoms with Crippen LogP contribution in [0.15, 0.2) is 35.1 Å². The normalized spacial score (nSPS) is 10.9. The number of nitrogens with zero attached hydrogens (tertiary/aromatic N) is 3. The Hall–Kier alpha value is -2.15. The van der Waals surface area contributed by atoms with E-state index in [2.05, 4.69) is 31.0 Å². The van der Waals surface area contributed by atoms with Gasteiger partial charge in [0, 0.05) is 6.20 Å². The largest absolute Gasteiger partial charge is 0.476 e. The van der Waals surface area contributed by atoms with Gasteiger partial charge in [-0.1, -0.05) is 0 Å².